The van der Waals surface area contributed by atoms with Gasteiger partial charge in [0.1, 0.15) is 0 Å². The van der Waals surface area contributed by atoms with Crippen molar-refractivity contribution in [1.82, 2.24) is 5.32 Å². The highest BCUT2D eigenvalue weighted by molar-refractivity contribution is 9.10. The highest BCUT2D eigenvalue weighted by Crippen LogP contribution is 2.39. The zero-order valence-electron chi connectivity index (χ0n) is 12.7. The van der Waals surface area contributed by atoms with Gasteiger partial charge < -0.3 is 14.8 Å². The minimum atomic E-state index is 0.333. The van der Waals surface area contributed by atoms with Gasteiger partial charge in [-0.05, 0) is 72.2 Å². The summed E-state index contributed by atoms with van der Waals surface area (Å²) in [6.07, 6.45) is 9.13. The summed E-state index contributed by atoms with van der Waals surface area (Å²) in [5.41, 5.74) is 1.24. The number of halogens is 1. The zero-order chi connectivity index (χ0) is 14.7. The SMILES string of the molecule is COc1cc(CNC2CC2)cc(Br)c1OC1CCCCC1. The van der Waals surface area contributed by atoms with Crippen molar-refractivity contribution in [2.75, 3.05) is 7.11 Å². The highest BCUT2D eigenvalue weighted by atomic mass is 79.9. The fourth-order valence-corrected chi connectivity index (χ4v) is 3.47. The normalized spacial score (nSPS) is 19.5. The van der Waals surface area contributed by atoms with Crippen molar-refractivity contribution in [1.29, 1.82) is 0 Å². The summed E-state index contributed by atoms with van der Waals surface area (Å²) in [4.78, 5) is 0. The topological polar surface area (TPSA) is 30.5 Å². The maximum atomic E-state index is 6.21. The lowest BCUT2D eigenvalue weighted by Gasteiger charge is -2.25. The predicted molar refractivity (Wildman–Crippen MR) is 88.1 cm³/mol. The second-order valence-corrected chi connectivity index (χ2v) is 7.00. The molecular formula is C17H24BrNO2. The van der Waals surface area contributed by atoms with Gasteiger partial charge in [0.25, 0.3) is 0 Å². The standard InChI is InChI=1S/C17H24BrNO2/c1-20-16-10-12(11-19-13-7-8-13)9-15(18)17(16)21-14-5-3-2-4-6-14/h9-10,13-14,19H,2-8,11H2,1H3. The minimum absolute atomic E-state index is 0.333. The van der Waals surface area contributed by atoms with Gasteiger partial charge in [-0.25, -0.2) is 0 Å². The van der Waals surface area contributed by atoms with Crippen LogP contribution < -0.4 is 14.8 Å². The molecule has 0 unspecified atom stereocenters. The van der Waals surface area contributed by atoms with E-state index in [1.807, 2.05) is 0 Å². The van der Waals surface area contributed by atoms with Crippen LogP contribution in [0.3, 0.4) is 0 Å². The van der Waals surface area contributed by atoms with E-state index in [1.165, 1.54) is 37.7 Å². The van der Waals surface area contributed by atoms with Gasteiger partial charge in [0.2, 0.25) is 0 Å². The van der Waals surface area contributed by atoms with Gasteiger partial charge in [-0.2, -0.15) is 0 Å². The van der Waals surface area contributed by atoms with Crippen molar-refractivity contribution in [2.24, 2.45) is 0 Å². The number of hydrogen-bond acceptors (Lipinski definition) is 3. The second kappa shape index (κ2) is 7.01. The van der Waals surface area contributed by atoms with Crippen LogP contribution in [0.15, 0.2) is 16.6 Å². The van der Waals surface area contributed by atoms with E-state index in [0.29, 0.717) is 12.1 Å². The van der Waals surface area contributed by atoms with Gasteiger partial charge in [-0.1, -0.05) is 6.42 Å². The fraction of sp³-hybridized carbons (Fsp3) is 0.647. The van der Waals surface area contributed by atoms with Crippen LogP contribution in [-0.4, -0.2) is 19.3 Å². The van der Waals surface area contributed by atoms with Crippen LogP contribution in [-0.2, 0) is 6.54 Å². The van der Waals surface area contributed by atoms with Crippen LogP contribution in [0.5, 0.6) is 11.5 Å². The van der Waals surface area contributed by atoms with Gasteiger partial charge in [0, 0.05) is 12.6 Å². The van der Waals surface area contributed by atoms with Crippen molar-refractivity contribution in [3.63, 3.8) is 0 Å². The Bertz CT molecular complexity index is 482. The molecule has 0 atom stereocenters. The molecule has 0 aromatic heterocycles. The summed E-state index contributed by atoms with van der Waals surface area (Å²) in [7, 11) is 1.72. The third-order valence-corrected chi connectivity index (χ3v) is 4.89. The molecule has 0 bridgehead atoms. The van der Waals surface area contributed by atoms with E-state index in [2.05, 4.69) is 33.4 Å². The van der Waals surface area contributed by atoms with Crippen LogP contribution in [0.1, 0.15) is 50.5 Å². The van der Waals surface area contributed by atoms with Crippen LogP contribution >= 0.6 is 15.9 Å². The Hall–Kier alpha value is -0.740. The molecule has 0 heterocycles. The van der Waals surface area contributed by atoms with Crippen molar-refractivity contribution in [3.8, 4) is 11.5 Å². The molecule has 0 spiro atoms. The van der Waals surface area contributed by atoms with E-state index < -0.39 is 0 Å². The Labute approximate surface area is 135 Å². The molecule has 1 N–H and O–H groups in total. The zero-order valence-corrected chi connectivity index (χ0v) is 14.2. The average Bonchev–Trinajstić information content (AvgIpc) is 3.32. The molecule has 1 aromatic carbocycles. The van der Waals surface area contributed by atoms with Crippen molar-refractivity contribution in [3.05, 3.63) is 22.2 Å². The van der Waals surface area contributed by atoms with Crippen LogP contribution in [0.25, 0.3) is 0 Å². The number of benzene rings is 1. The molecule has 116 valence electrons. The number of rotatable bonds is 6. The lowest BCUT2D eigenvalue weighted by atomic mass is 9.98. The summed E-state index contributed by atoms with van der Waals surface area (Å²) < 4.78 is 12.8. The van der Waals surface area contributed by atoms with E-state index in [-0.39, 0.29) is 0 Å². The van der Waals surface area contributed by atoms with E-state index in [0.717, 1.165) is 35.4 Å². The smallest absolute Gasteiger partial charge is 0.175 e. The molecule has 2 aliphatic rings. The molecule has 21 heavy (non-hydrogen) atoms. The molecule has 2 aliphatic carbocycles. The van der Waals surface area contributed by atoms with Gasteiger partial charge in [-0.3, -0.25) is 0 Å². The Balaban J connectivity index is 1.71. The lowest BCUT2D eigenvalue weighted by molar-refractivity contribution is 0.148. The Morgan fingerprint density at radius 1 is 1.14 bits per heavy atom. The summed E-state index contributed by atoms with van der Waals surface area (Å²) >= 11 is 3.66. The third-order valence-electron chi connectivity index (χ3n) is 4.30. The summed E-state index contributed by atoms with van der Waals surface area (Å²) in [6.45, 7) is 0.892. The molecule has 1 aromatic rings. The van der Waals surface area contributed by atoms with Gasteiger partial charge in [0.05, 0.1) is 17.7 Å². The van der Waals surface area contributed by atoms with Gasteiger partial charge in [-0.15, -0.1) is 0 Å². The molecule has 0 amide bonds. The molecule has 2 fully saturated rings. The molecule has 3 nitrogen and oxygen atoms in total. The second-order valence-electron chi connectivity index (χ2n) is 6.14. The van der Waals surface area contributed by atoms with Crippen LogP contribution in [0.4, 0.5) is 0 Å². The largest absolute Gasteiger partial charge is 0.493 e. The number of methoxy groups -OCH3 is 1. The van der Waals surface area contributed by atoms with Crippen molar-refractivity contribution < 1.29 is 9.47 Å². The summed E-state index contributed by atoms with van der Waals surface area (Å²) in [5.74, 6) is 1.70. The van der Waals surface area contributed by atoms with Crippen LogP contribution in [0.2, 0.25) is 0 Å². The van der Waals surface area contributed by atoms with Gasteiger partial charge >= 0.3 is 0 Å². The summed E-state index contributed by atoms with van der Waals surface area (Å²) in [6, 6.07) is 4.96. The maximum Gasteiger partial charge on any atom is 0.175 e. The van der Waals surface area contributed by atoms with E-state index in [9.17, 15) is 0 Å². The number of ether oxygens (including phenoxy) is 2. The monoisotopic (exact) mass is 353 g/mol. The van der Waals surface area contributed by atoms with Crippen molar-refractivity contribution in [2.45, 2.75) is 63.6 Å². The van der Waals surface area contributed by atoms with E-state index in [1.54, 1.807) is 7.11 Å². The minimum Gasteiger partial charge on any atom is -0.493 e. The predicted octanol–water partition coefficient (Wildman–Crippen LogP) is 4.42. The quantitative estimate of drug-likeness (QED) is 0.820. The van der Waals surface area contributed by atoms with E-state index >= 15 is 0 Å². The first-order valence-electron chi connectivity index (χ1n) is 8.02. The first-order valence-corrected chi connectivity index (χ1v) is 8.82. The number of nitrogens with one attached hydrogen (secondary N) is 1. The molecule has 0 radical (unpaired) electrons. The Morgan fingerprint density at radius 2 is 1.90 bits per heavy atom. The Morgan fingerprint density at radius 3 is 2.57 bits per heavy atom. The maximum absolute atomic E-state index is 6.21. The number of hydrogen-bond donors (Lipinski definition) is 1. The molecule has 3 rings (SSSR count). The van der Waals surface area contributed by atoms with Crippen LogP contribution in [0, 0.1) is 0 Å². The first kappa shape index (κ1) is 15.2. The molecule has 0 saturated heterocycles. The van der Waals surface area contributed by atoms with Gasteiger partial charge in [0.15, 0.2) is 11.5 Å². The average molecular weight is 354 g/mol. The molecular weight excluding hydrogens is 330 g/mol. The molecule has 4 heteroatoms. The fourth-order valence-electron chi connectivity index (χ4n) is 2.89. The first-order chi connectivity index (χ1) is 10.3. The molecule has 0 aliphatic heterocycles. The summed E-state index contributed by atoms with van der Waals surface area (Å²) in [5, 5.41) is 3.54. The highest BCUT2D eigenvalue weighted by Gasteiger charge is 2.22. The van der Waals surface area contributed by atoms with Crippen molar-refractivity contribution >= 4 is 15.9 Å². The molecule has 2 saturated carbocycles. The third kappa shape index (κ3) is 4.13. The lowest BCUT2D eigenvalue weighted by Crippen LogP contribution is -2.20. The Kier molecular flexibility index (Phi) is 5.07. The van der Waals surface area contributed by atoms with E-state index in [4.69, 9.17) is 9.47 Å².